The second kappa shape index (κ2) is 7.47. The average molecular weight is 373 g/mol. The summed E-state index contributed by atoms with van der Waals surface area (Å²) in [6.45, 7) is 0. The minimum Gasteiger partial charge on any atom is -0.505 e. The molecule has 3 aromatic rings. The Kier molecular flexibility index (Phi) is 5.12. The van der Waals surface area contributed by atoms with Crippen LogP contribution < -0.4 is 10.6 Å². The fourth-order valence-electron chi connectivity index (χ4n) is 2.31. The summed E-state index contributed by atoms with van der Waals surface area (Å²) < 4.78 is 0. The Bertz CT molecular complexity index is 874. The monoisotopic (exact) mass is 372 g/mol. The van der Waals surface area contributed by atoms with E-state index in [9.17, 15) is 9.90 Å². The molecular formula is C19H14Cl2N2O2. The van der Waals surface area contributed by atoms with Gasteiger partial charge in [-0.15, -0.1) is 0 Å². The molecule has 4 nitrogen and oxygen atoms in total. The van der Waals surface area contributed by atoms with Gasteiger partial charge in [0.2, 0.25) is 0 Å². The van der Waals surface area contributed by atoms with Gasteiger partial charge in [-0.3, -0.25) is 0 Å². The van der Waals surface area contributed by atoms with E-state index in [1.165, 1.54) is 12.1 Å². The number of anilines is 2. The van der Waals surface area contributed by atoms with Gasteiger partial charge in [0, 0.05) is 11.4 Å². The zero-order valence-corrected chi connectivity index (χ0v) is 14.5. The van der Waals surface area contributed by atoms with Gasteiger partial charge in [0.25, 0.3) is 0 Å². The number of amides is 2. The standard InChI is InChI=1S/C19H14Cl2N2O2/c20-16-10-15(11-17(21)18(16)24)23-19(25)22-14-8-6-13(7-9-14)12-4-2-1-3-5-12/h1-11,24H,(H2,22,23,25). The number of aromatic hydroxyl groups is 1. The van der Waals surface area contributed by atoms with E-state index in [-0.39, 0.29) is 15.8 Å². The summed E-state index contributed by atoms with van der Waals surface area (Å²) in [7, 11) is 0. The van der Waals surface area contributed by atoms with E-state index in [0.717, 1.165) is 11.1 Å². The number of carbonyl (C=O) groups is 1. The van der Waals surface area contributed by atoms with Gasteiger partial charge in [-0.1, -0.05) is 65.7 Å². The van der Waals surface area contributed by atoms with Crippen molar-refractivity contribution >= 4 is 40.6 Å². The van der Waals surface area contributed by atoms with Crippen molar-refractivity contribution in [2.75, 3.05) is 10.6 Å². The predicted molar refractivity (Wildman–Crippen MR) is 103 cm³/mol. The first-order valence-electron chi connectivity index (χ1n) is 7.44. The molecule has 25 heavy (non-hydrogen) atoms. The fourth-order valence-corrected chi connectivity index (χ4v) is 2.79. The van der Waals surface area contributed by atoms with E-state index in [0.29, 0.717) is 11.4 Å². The average Bonchev–Trinajstić information content (AvgIpc) is 2.61. The third-order valence-electron chi connectivity index (χ3n) is 3.52. The molecule has 0 aliphatic rings. The highest BCUT2D eigenvalue weighted by Crippen LogP contribution is 2.34. The van der Waals surface area contributed by atoms with E-state index < -0.39 is 6.03 Å². The lowest BCUT2D eigenvalue weighted by molar-refractivity contribution is 0.262. The van der Waals surface area contributed by atoms with Crippen LogP contribution in [-0.4, -0.2) is 11.1 Å². The van der Waals surface area contributed by atoms with Crippen molar-refractivity contribution in [2.45, 2.75) is 0 Å². The molecule has 0 spiro atoms. The number of benzene rings is 3. The van der Waals surface area contributed by atoms with E-state index in [1.807, 2.05) is 54.6 Å². The highest BCUT2D eigenvalue weighted by atomic mass is 35.5. The molecule has 0 atom stereocenters. The molecule has 3 aromatic carbocycles. The number of carbonyl (C=O) groups excluding carboxylic acids is 1. The van der Waals surface area contributed by atoms with Crippen molar-refractivity contribution in [3.05, 3.63) is 76.8 Å². The zero-order chi connectivity index (χ0) is 17.8. The first kappa shape index (κ1) is 17.1. The summed E-state index contributed by atoms with van der Waals surface area (Å²) in [6, 6.07) is 19.8. The van der Waals surface area contributed by atoms with Crippen molar-refractivity contribution < 1.29 is 9.90 Å². The Hall–Kier alpha value is -2.69. The number of urea groups is 1. The lowest BCUT2D eigenvalue weighted by Crippen LogP contribution is -2.19. The molecule has 3 rings (SSSR count). The number of rotatable bonds is 3. The van der Waals surface area contributed by atoms with Crippen molar-refractivity contribution in [1.82, 2.24) is 0 Å². The lowest BCUT2D eigenvalue weighted by Gasteiger charge is -2.10. The number of phenolic OH excluding ortho intramolecular Hbond substituents is 1. The SMILES string of the molecule is O=C(Nc1ccc(-c2ccccc2)cc1)Nc1cc(Cl)c(O)c(Cl)c1. The van der Waals surface area contributed by atoms with E-state index in [4.69, 9.17) is 23.2 Å². The summed E-state index contributed by atoms with van der Waals surface area (Å²) in [5.41, 5.74) is 3.19. The Balaban J connectivity index is 1.67. The Morgan fingerprint density at radius 2 is 1.28 bits per heavy atom. The molecule has 0 fully saturated rings. The molecule has 2 amide bonds. The van der Waals surface area contributed by atoms with Gasteiger partial charge >= 0.3 is 6.03 Å². The van der Waals surface area contributed by atoms with Gasteiger partial charge in [0.1, 0.15) is 0 Å². The molecule has 0 saturated heterocycles. The maximum Gasteiger partial charge on any atom is 0.323 e. The molecule has 0 heterocycles. The number of nitrogens with one attached hydrogen (secondary N) is 2. The minimum absolute atomic E-state index is 0.0648. The van der Waals surface area contributed by atoms with Crippen LogP contribution in [0.1, 0.15) is 0 Å². The van der Waals surface area contributed by atoms with Gasteiger partial charge in [0.05, 0.1) is 10.0 Å². The second-order valence-corrected chi connectivity index (χ2v) is 6.13. The summed E-state index contributed by atoms with van der Waals surface area (Å²) in [5.74, 6) is -0.217. The number of hydrogen-bond acceptors (Lipinski definition) is 2. The summed E-state index contributed by atoms with van der Waals surface area (Å²) in [6.07, 6.45) is 0. The van der Waals surface area contributed by atoms with Crippen molar-refractivity contribution in [1.29, 1.82) is 0 Å². The fraction of sp³-hybridized carbons (Fsp3) is 0. The number of phenols is 1. The van der Waals surface area contributed by atoms with Gasteiger partial charge in [-0.05, 0) is 35.4 Å². The van der Waals surface area contributed by atoms with Crippen LogP contribution in [-0.2, 0) is 0 Å². The molecule has 126 valence electrons. The van der Waals surface area contributed by atoms with Gasteiger partial charge in [-0.2, -0.15) is 0 Å². The molecule has 0 aliphatic heterocycles. The quantitative estimate of drug-likeness (QED) is 0.493. The smallest absolute Gasteiger partial charge is 0.323 e. The lowest BCUT2D eigenvalue weighted by atomic mass is 10.1. The topological polar surface area (TPSA) is 61.4 Å². The molecule has 0 radical (unpaired) electrons. The van der Waals surface area contributed by atoms with E-state index >= 15 is 0 Å². The van der Waals surface area contributed by atoms with Crippen LogP contribution in [0.3, 0.4) is 0 Å². The Morgan fingerprint density at radius 3 is 1.88 bits per heavy atom. The molecule has 0 bridgehead atoms. The molecule has 0 aliphatic carbocycles. The van der Waals surface area contributed by atoms with Gasteiger partial charge < -0.3 is 15.7 Å². The third-order valence-corrected chi connectivity index (χ3v) is 4.10. The maximum absolute atomic E-state index is 12.1. The Morgan fingerprint density at radius 1 is 0.760 bits per heavy atom. The molecule has 0 saturated carbocycles. The summed E-state index contributed by atoms with van der Waals surface area (Å²) in [4.78, 5) is 12.1. The van der Waals surface area contributed by atoms with Crippen LogP contribution in [0.15, 0.2) is 66.7 Å². The van der Waals surface area contributed by atoms with Crippen LogP contribution >= 0.6 is 23.2 Å². The number of hydrogen-bond donors (Lipinski definition) is 3. The molecule has 6 heteroatoms. The van der Waals surface area contributed by atoms with Crippen LogP contribution in [0.2, 0.25) is 10.0 Å². The predicted octanol–water partition coefficient (Wildman–Crippen LogP) is 6.01. The molecular weight excluding hydrogens is 359 g/mol. The molecule has 0 aromatic heterocycles. The first-order chi connectivity index (χ1) is 12.0. The Labute approximate surface area is 155 Å². The highest BCUT2D eigenvalue weighted by molar-refractivity contribution is 6.37. The molecule has 0 unspecified atom stereocenters. The normalized spacial score (nSPS) is 10.3. The first-order valence-corrected chi connectivity index (χ1v) is 8.20. The highest BCUT2D eigenvalue weighted by Gasteiger charge is 2.09. The minimum atomic E-state index is -0.440. The van der Waals surface area contributed by atoms with Gasteiger partial charge in [0.15, 0.2) is 5.75 Å². The van der Waals surface area contributed by atoms with Crippen molar-refractivity contribution in [3.63, 3.8) is 0 Å². The summed E-state index contributed by atoms with van der Waals surface area (Å²) >= 11 is 11.7. The molecule has 3 N–H and O–H groups in total. The maximum atomic E-state index is 12.1. The van der Waals surface area contributed by atoms with Crippen LogP contribution in [0.25, 0.3) is 11.1 Å². The summed E-state index contributed by atoms with van der Waals surface area (Å²) in [5, 5.41) is 15.0. The van der Waals surface area contributed by atoms with Crippen LogP contribution in [0, 0.1) is 0 Å². The van der Waals surface area contributed by atoms with Crippen molar-refractivity contribution in [2.24, 2.45) is 0 Å². The van der Waals surface area contributed by atoms with E-state index in [1.54, 1.807) is 0 Å². The second-order valence-electron chi connectivity index (χ2n) is 5.31. The largest absolute Gasteiger partial charge is 0.505 e. The third kappa shape index (κ3) is 4.24. The van der Waals surface area contributed by atoms with Crippen LogP contribution in [0.4, 0.5) is 16.2 Å². The number of halogens is 2. The zero-order valence-electron chi connectivity index (χ0n) is 13.0. The van der Waals surface area contributed by atoms with Gasteiger partial charge in [-0.25, -0.2) is 4.79 Å². The van der Waals surface area contributed by atoms with E-state index in [2.05, 4.69) is 10.6 Å². The van der Waals surface area contributed by atoms with Crippen molar-refractivity contribution in [3.8, 4) is 16.9 Å². The van der Waals surface area contributed by atoms with Crippen LogP contribution in [0.5, 0.6) is 5.75 Å².